The van der Waals surface area contributed by atoms with Crippen molar-refractivity contribution >= 4 is 5.91 Å². The van der Waals surface area contributed by atoms with Gasteiger partial charge in [-0.15, -0.1) is 0 Å². The minimum atomic E-state index is -0.542. The number of hydrogen-bond donors (Lipinski definition) is 2. The van der Waals surface area contributed by atoms with Crippen molar-refractivity contribution < 1.29 is 14.6 Å². The van der Waals surface area contributed by atoms with Gasteiger partial charge in [0.25, 0.3) is 0 Å². The molecule has 2 atom stereocenters. The highest BCUT2D eigenvalue weighted by molar-refractivity contribution is 5.76. The maximum Gasteiger partial charge on any atom is 0.220 e. The minimum Gasteiger partial charge on any atom is -0.490 e. The molecule has 0 saturated carbocycles. The molecular formula is C17H24N2O3. The molecule has 3 N–H and O–H groups in total. The molecule has 0 spiro atoms. The number of ether oxygens (including phenoxy) is 1. The molecule has 2 unspecified atom stereocenters. The Bertz CT molecular complexity index is 580. The number of primary amides is 1. The van der Waals surface area contributed by atoms with Crippen molar-refractivity contribution in [2.45, 2.75) is 38.8 Å². The number of hydrogen-bond acceptors (Lipinski definition) is 4. The molecule has 2 heterocycles. The number of nitrogens with two attached hydrogens (primary N) is 1. The average Bonchev–Trinajstić information content (AvgIpc) is 2.51. The first kappa shape index (κ1) is 15.3. The highest BCUT2D eigenvalue weighted by Crippen LogP contribution is 2.40. The Kier molecular flexibility index (Phi) is 4.10. The van der Waals surface area contributed by atoms with Crippen molar-refractivity contribution in [1.82, 2.24) is 4.90 Å². The molecule has 0 radical (unpaired) electrons. The van der Waals surface area contributed by atoms with Crippen molar-refractivity contribution in [3.8, 4) is 5.75 Å². The Balaban J connectivity index is 1.86. The summed E-state index contributed by atoms with van der Waals surface area (Å²) in [4.78, 5) is 13.6. The van der Waals surface area contributed by atoms with E-state index in [0.29, 0.717) is 6.61 Å². The summed E-state index contributed by atoms with van der Waals surface area (Å²) in [5, 5.41) is 10.4. The summed E-state index contributed by atoms with van der Waals surface area (Å²) in [6, 6.07) is 4.08. The fourth-order valence-corrected chi connectivity index (χ4v) is 3.60. The van der Waals surface area contributed by atoms with Gasteiger partial charge in [0.1, 0.15) is 18.5 Å². The predicted molar refractivity (Wildman–Crippen MR) is 83.7 cm³/mol. The van der Waals surface area contributed by atoms with E-state index in [4.69, 9.17) is 10.5 Å². The number of rotatable bonds is 2. The van der Waals surface area contributed by atoms with Gasteiger partial charge in [0.05, 0.1) is 6.04 Å². The lowest BCUT2D eigenvalue weighted by Gasteiger charge is -2.42. The molecule has 1 saturated heterocycles. The molecule has 120 valence electrons. The Morgan fingerprint density at radius 3 is 2.64 bits per heavy atom. The van der Waals surface area contributed by atoms with Crippen LogP contribution in [-0.4, -0.2) is 41.7 Å². The summed E-state index contributed by atoms with van der Waals surface area (Å²) >= 11 is 0. The zero-order valence-electron chi connectivity index (χ0n) is 13.2. The van der Waals surface area contributed by atoms with Gasteiger partial charge in [0.15, 0.2) is 0 Å². The van der Waals surface area contributed by atoms with Crippen molar-refractivity contribution in [2.24, 2.45) is 11.7 Å². The monoisotopic (exact) mass is 304 g/mol. The van der Waals surface area contributed by atoms with Crippen LogP contribution < -0.4 is 10.5 Å². The average molecular weight is 304 g/mol. The molecule has 5 nitrogen and oxygen atoms in total. The van der Waals surface area contributed by atoms with Gasteiger partial charge < -0.3 is 15.6 Å². The van der Waals surface area contributed by atoms with Crippen LogP contribution in [0.1, 0.15) is 35.6 Å². The predicted octanol–water partition coefficient (Wildman–Crippen LogP) is 1.30. The topological polar surface area (TPSA) is 75.8 Å². The molecule has 0 aliphatic carbocycles. The van der Waals surface area contributed by atoms with Crippen molar-refractivity contribution in [3.05, 3.63) is 28.8 Å². The number of nitrogens with zero attached hydrogens (tertiary/aromatic N) is 1. The number of amides is 1. The summed E-state index contributed by atoms with van der Waals surface area (Å²) in [6.45, 7) is 6.00. The van der Waals surface area contributed by atoms with E-state index in [9.17, 15) is 9.90 Å². The summed E-state index contributed by atoms with van der Waals surface area (Å²) in [5.74, 6) is 0.666. The van der Waals surface area contributed by atoms with E-state index in [1.807, 2.05) is 0 Å². The van der Waals surface area contributed by atoms with Crippen LogP contribution in [0, 0.1) is 19.8 Å². The first-order chi connectivity index (χ1) is 10.5. The number of fused-ring (bicyclic) bond motifs is 1. The van der Waals surface area contributed by atoms with E-state index < -0.39 is 6.10 Å². The standard InChI is InChI=1S/C17H24N2O3/c1-10-3-4-13-15(14(20)9-22-16(13)11(10)2)19-7-5-12(6-8-19)17(18)21/h3-4,12,14-15,20H,5-9H2,1-2H3,(H2,18,21). The Morgan fingerprint density at radius 1 is 1.32 bits per heavy atom. The second kappa shape index (κ2) is 5.89. The van der Waals surface area contributed by atoms with Crippen LogP contribution >= 0.6 is 0 Å². The van der Waals surface area contributed by atoms with Gasteiger partial charge in [-0.05, 0) is 50.9 Å². The number of likely N-dealkylation sites (tertiary alicyclic amines) is 1. The molecular weight excluding hydrogens is 280 g/mol. The van der Waals surface area contributed by atoms with Crippen LogP contribution in [0.3, 0.4) is 0 Å². The van der Waals surface area contributed by atoms with Crippen LogP contribution in [0.5, 0.6) is 5.75 Å². The van der Waals surface area contributed by atoms with Gasteiger partial charge in [-0.1, -0.05) is 12.1 Å². The van der Waals surface area contributed by atoms with Crippen LogP contribution in [0.15, 0.2) is 12.1 Å². The van der Waals surface area contributed by atoms with E-state index in [1.165, 1.54) is 5.56 Å². The summed E-state index contributed by atoms with van der Waals surface area (Å²) in [7, 11) is 0. The van der Waals surface area contributed by atoms with Crippen LogP contribution in [0.2, 0.25) is 0 Å². The van der Waals surface area contributed by atoms with Gasteiger partial charge in [-0.2, -0.15) is 0 Å². The van der Waals surface area contributed by atoms with Gasteiger partial charge >= 0.3 is 0 Å². The zero-order valence-corrected chi connectivity index (χ0v) is 13.2. The summed E-state index contributed by atoms with van der Waals surface area (Å²) in [6.07, 6.45) is 0.985. The maximum absolute atomic E-state index is 11.3. The Morgan fingerprint density at radius 2 is 2.00 bits per heavy atom. The van der Waals surface area contributed by atoms with Crippen LogP contribution in [-0.2, 0) is 4.79 Å². The Hall–Kier alpha value is -1.59. The molecule has 1 amide bonds. The summed E-state index contributed by atoms with van der Waals surface area (Å²) < 4.78 is 5.78. The number of aryl methyl sites for hydroxylation is 1. The molecule has 2 aliphatic rings. The number of aliphatic hydroxyl groups is 1. The van der Waals surface area contributed by atoms with Gasteiger partial charge in [-0.25, -0.2) is 0 Å². The molecule has 0 bridgehead atoms. The first-order valence-corrected chi connectivity index (χ1v) is 7.93. The zero-order chi connectivity index (χ0) is 15.9. The lowest BCUT2D eigenvalue weighted by Crippen LogP contribution is -2.47. The number of piperidine rings is 1. The molecule has 2 aliphatic heterocycles. The quantitative estimate of drug-likeness (QED) is 0.863. The summed E-state index contributed by atoms with van der Waals surface area (Å²) in [5.41, 5.74) is 8.80. The highest BCUT2D eigenvalue weighted by Gasteiger charge is 2.37. The van der Waals surface area contributed by atoms with E-state index in [0.717, 1.165) is 42.8 Å². The second-order valence-corrected chi connectivity index (χ2v) is 6.46. The van der Waals surface area contributed by atoms with Gasteiger partial charge in [-0.3, -0.25) is 9.69 Å². The van der Waals surface area contributed by atoms with Gasteiger partial charge in [0, 0.05) is 11.5 Å². The third kappa shape index (κ3) is 2.59. The minimum absolute atomic E-state index is 0.0348. The first-order valence-electron chi connectivity index (χ1n) is 7.93. The van der Waals surface area contributed by atoms with Crippen molar-refractivity contribution in [1.29, 1.82) is 0 Å². The van der Waals surface area contributed by atoms with E-state index in [-0.39, 0.29) is 17.9 Å². The number of benzene rings is 1. The highest BCUT2D eigenvalue weighted by atomic mass is 16.5. The normalized spacial score (nSPS) is 26.3. The molecule has 1 aromatic carbocycles. The SMILES string of the molecule is Cc1ccc2c(c1C)OCC(O)C2N1CCC(C(N)=O)CC1. The third-order valence-corrected chi connectivity index (χ3v) is 5.11. The second-order valence-electron chi connectivity index (χ2n) is 6.46. The van der Waals surface area contributed by atoms with Crippen molar-refractivity contribution in [3.63, 3.8) is 0 Å². The number of aliphatic hydroxyl groups excluding tert-OH is 1. The van der Waals surface area contributed by atoms with Crippen LogP contribution in [0.25, 0.3) is 0 Å². The molecule has 1 aromatic rings. The van der Waals surface area contributed by atoms with E-state index in [2.05, 4.69) is 30.9 Å². The fraction of sp³-hybridized carbons (Fsp3) is 0.588. The fourth-order valence-electron chi connectivity index (χ4n) is 3.60. The molecule has 3 rings (SSSR count). The van der Waals surface area contributed by atoms with Crippen molar-refractivity contribution in [2.75, 3.05) is 19.7 Å². The van der Waals surface area contributed by atoms with Gasteiger partial charge in [0.2, 0.25) is 5.91 Å². The third-order valence-electron chi connectivity index (χ3n) is 5.11. The molecule has 1 fully saturated rings. The van der Waals surface area contributed by atoms with E-state index in [1.54, 1.807) is 0 Å². The number of carbonyl (C=O) groups is 1. The molecule has 0 aromatic heterocycles. The lowest BCUT2D eigenvalue weighted by atomic mass is 9.89. The van der Waals surface area contributed by atoms with Crippen LogP contribution in [0.4, 0.5) is 0 Å². The Labute approximate surface area is 131 Å². The largest absolute Gasteiger partial charge is 0.490 e. The number of carbonyl (C=O) groups excluding carboxylic acids is 1. The van der Waals surface area contributed by atoms with E-state index >= 15 is 0 Å². The lowest BCUT2D eigenvalue weighted by molar-refractivity contribution is -0.123. The molecule has 5 heteroatoms. The smallest absolute Gasteiger partial charge is 0.220 e. The maximum atomic E-state index is 11.3. The molecule has 22 heavy (non-hydrogen) atoms.